The molecule has 140 valence electrons. The molecular formula is C19H27N5O2. The molecule has 1 aliphatic rings. The minimum absolute atomic E-state index is 0.0547. The highest BCUT2D eigenvalue weighted by Crippen LogP contribution is 2.36. The minimum atomic E-state index is -0.0969. The van der Waals surface area contributed by atoms with E-state index in [1.54, 1.807) is 0 Å². The van der Waals surface area contributed by atoms with E-state index in [0.717, 1.165) is 36.5 Å². The normalized spacial score (nSPS) is 19.1. The van der Waals surface area contributed by atoms with E-state index in [4.69, 9.17) is 0 Å². The van der Waals surface area contributed by atoms with Gasteiger partial charge in [-0.1, -0.05) is 12.1 Å². The first kappa shape index (κ1) is 18.4. The van der Waals surface area contributed by atoms with E-state index in [1.807, 2.05) is 54.8 Å². The number of hydrogen-bond donors (Lipinski definition) is 2. The molecule has 2 N–H and O–H groups in total. The summed E-state index contributed by atoms with van der Waals surface area (Å²) in [7, 11) is 4.00. The van der Waals surface area contributed by atoms with E-state index in [9.17, 15) is 9.90 Å². The second kappa shape index (κ2) is 7.86. The predicted molar refractivity (Wildman–Crippen MR) is 100.0 cm³/mol. The van der Waals surface area contributed by atoms with Crippen LogP contribution in [0.2, 0.25) is 0 Å². The number of carbonyl (C=O) groups is 1. The average Bonchev–Trinajstić information content (AvgIpc) is 3.00. The average molecular weight is 357 g/mol. The number of aromatic nitrogens is 3. The third-order valence-electron chi connectivity index (χ3n) is 5.00. The van der Waals surface area contributed by atoms with E-state index in [0.29, 0.717) is 18.2 Å². The highest BCUT2D eigenvalue weighted by Gasteiger charge is 2.35. The van der Waals surface area contributed by atoms with Crippen LogP contribution in [0.25, 0.3) is 0 Å². The number of benzene rings is 1. The zero-order valence-electron chi connectivity index (χ0n) is 15.6. The van der Waals surface area contributed by atoms with Crippen LogP contribution >= 0.6 is 0 Å². The maximum Gasteiger partial charge on any atom is 0.224 e. The molecule has 0 atom stereocenters. The SMILES string of the molecule is CCn1c(CO)nnc1C1CC(NC(=O)Cc2ccc(N(C)C)cc2)C1. The Balaban J connectivity index is 1.49. The van der Waals surface area contributed by atoms with Gasteiger partial charge in [0.15, 0.2) is 5.82 Å². The highest BCUT2D eigenvalue weighted by atomic mass is 16.3. The fourth-order valence-electron chi connectivity index (χ4n) is 3.44. The number of aliphatic hydroxyl groups excluding tert-OH is 1. The van der Waals surface area contributed by atoms with E-state index < -0.39 is 0 Å². The molecule has 7 heteroatoms. The van der Waals surface area contributed by atoms with Crippen molar-refractivity contribution in [1.29, 1.82) is 0 Å². The van der Waals surface area contributed by atoms with Crippen LogP contribution in [0.15, 0.2) is 24.3 Å². The van der Waals surface area contributed by atoms with Crippen LogP contribution in [0.4, 0.5) is 5.69 Å². The first-order chi connectivity index (χ1) is 12.5. The lowest BCUT2D eigenvalue weighted by atomic mass is 9.79. The minimum Gasteiger partial charge on any atom is -0.388 e. The summed E-state index contributed by atoms with van der Waals surface area (Å²) in [4.78, 5) is 14.3. The molecule has 7 nitrogen and oxygen atoms in total. The Labute approximate surface area is 154 Å². The summed E-state index contributed by atoms with van der Waals surface area (Å²) < 4.78 is 1.97. The number of anilines is 1. The molecular weight excluding hydrogens is 330 g/mol. The fourth-order valence-corrected chi connectivity index (χ4v) is 3.44. The molecule has 0 spiro atoms. The van der Waals surface area contributed by atoms with Gasteiger partial charge in [-0.05, 0) is 37.5 Å². The zero-order chi connectivity index (χ0) is 18.7. The summed E-state index contributed by atoms with van der Waals surface area (Å²) in [5, 5.41) is 20.7. The second-order valence-electron chi connectivity index (χ2n) is 7.05. The maximum atomic E-state index is 12.3. The summed E-state index contributed by atoms with van der Waals surface area (Å²) in [6.45, 7) is 2.67. The van der Waals surface area contributed by atoms with Crippen molar-refractivity contribution in [2.45, 2.75) is 51.3 Å². The number of nitrogens with one attached hydrogen (secondary N) is 1. The molecule has 2 aromatic rings. The summed E-state index contributed by atoms with van der Waals surface area (Å²) in [6.07, 6.45) is 2.14. The number of nitrogens with zero attached hydrogens (tertiary/aromatic N) is 4. The van der Waals surface area contributed by atoms with Gasteiger partial charge in [-0.15, -0.1) is 10.2 Å². The number of hydrogen-bond acceptors (Lipinski definition) is 5. The molecule has 1 heterocycles. The lowest BCUT2D eigenvalue weighted by molar-refractivity contribution is -0.121. The van der Waals surface area contributed by atoms with Gasteiger partial charge in [0.25, 0.3) is 0 Å². The highest BCUT2D eigenvalue weighted by molar-refractivity contribution is 5.79. The molecule has 1 amide bonds. The third-order valence-corrected chi connectivity index (χ3v) is 5.00. The molecule has 26 heavy (non-hydrogen) atoms. The molecule has 1 aromatic carbocycles. The Morgan fingerprint density at radius 2 is 1.96 bits per heavy atom. The largest absolute Gasteiger partial charge is 0.388 e. The predicted octanol–water partition coefficient (Wildman–Crippen LogP) is 1.46. The van der Waals surface area contributed by atoms with Crippen LogP contribution in [0.1, 0.15) is 42.9 Å². The van der Waals surface area contributed by atoms with Crippen molar-refractivity contribution >= 4 is 11.6 Å². The Bertz CT molecular complexity index is 748. The number of rotatable bonds is 7. The van der Waals surface area contributed by atoms with Crippen LogP contribution in [0.3, 0.4) is 0 Å². The molecule has 1 aromatic heterocycles. The second-order valence-corrected chi connectivity index (χ2v) is 7.05. The maximum absolute atomic E-state index is 12.3. The molecule has 0 bridgehead atoms. The van der Waals surface area contributed by atoms with Crippen molar-refractivity contribution in [1.82, 2.24) is 20.1 Å². The van der Waals surface area contributed by atoms with E-state index in [2.05, 4.69) is 15.5 Å². The van der Waals surface area contributed by atoms with Crippen molar-refractivity contribution in [3.05, 3.63) is 41.5 Å². The van der Waals surface area contributed by atoms with Crippen molar-refractivity contribution in [3.63, 3.8) is 0 Å². The van der Waals surface area contributed by atoms with Crippen LogP contribution < -0.4 is 10.2 Å². The van der Waals surface area contributed by atoms with Gasteiger partial charge < -0.3 is 19.9 Å². The number of aliphatic hydroxyl groups is 1. The Morgan fingerprint density at radius 3 is 2.54 bits per heavy atom. The van der Waals surface area contributed by atoms with Crippen LogP contribution in [-0.2, 0) is 24.4 Å². The van der Waals surface area contributed by atoms with Gasteiger partial charge in [-0.3, -0.25) is 4.79 Å². The van der Waals surface area contributed by atoms with Crippen molar-refractivity contribution in [3.8, 4) is 0 Å². The topological polar surface area (TPSA) is 83.3 Å². The molecule has 0 radical (unpaired) electrons. The van der Waals surface area contributed by atoms with Gasteiger partial charge in [0.1, 0.15) is 12.4 Å². The summed E-state index contributed by atoms with van der Waals surface area (Å²) in [6, 6.07) is 8.24. The molecule has 3 rings (SSSR count). The third kappa shape index (κ3) is 3.88. The quantitative estimate of drug-likeness (QED) is 0.784. The Hall–Kier alpha value is -2.41. The molecule has 0 aliphatic heterocycles. The molecule has 1 aliphatic carbocycles. The number of amides is 1. The number of carbonyl (C=O) groups excluding carboxylic acids is 1. The van der Waals surface area contributed by atoms with E-state index in [1.165, 1.54) is 0 Å². The fraction of sp³-hybridized carbons (Fsp3) is 0.526. The van der Waals surface area contributed by atoms with Crippen molar-refractivity contribution in [2.24, 2.45) is 0 Å². The Kier molecular flexibility index (Phi) is 5.56. The van der Waals surface area contributed by atoms with Crippen molar-refractivity contribution < 1.29 is 9.90 Å². The first-order valence-corrected chi connectivity index (χ1v) is 9.10. The summed E-state index contributed by atoms with van der Waals surface area (Å²) in [5.74, 6) is 1.88. The lowest BCUT2D eigenvalue weighted by Gasteiger charge is -2.35. The zero-order valence-corrected chi connectivity index (χ0v) is 15.6. The molecule has 0 saturated heterocycles. The Morgan fingerprint density at radius 1 is 1.27 bits per heavy atom. The molecule has 1 fully saturated rings. The standard InChI is InChI=1S/C19H27N5O2/c1-4-24-17(12-25)21-22-19(24)14-10-15(11-14)20-18(26)9-13-5-7-16(8-6-13)23(2)3/h5-8,14-15,25H,4,9-12H2,1-3H3,(H,20,26). The first-order valence-electron chi connectivity index (χ1n) is 9.10. The van der Waals surface area contributed by atoms with Gasteiger partial charge in [0.2, 0.25) is 5.91 Å². The van der Waals surface area contributed by atoms with E-state index in [-0.39, 0.29) is 18.6 Å². The smallest absolute Gasteiger partial charge is 0.224 e. The lowest BCUT2D eigenvalue weighted by Crippen LogP contribution is -2.44. The monoisotopic (exact) mass is 357 g/mol. The summed E-state index contributed by atoms with van der Waals surface area (Å²) in [5.41, 5.74) is 2.14. The van der Waals surface area contributed by atoms with Gasteiger partial charge >= 0.3 is 0 Å². The van der Waals surface area contributed by atoms with Gasteiger partial charge in [-0.25, -0.2) is 0 Å². The van der Waals surface area contributed by atoms with Gasteiger partial charge in [-0.2, -0.15) is 0 Å². The molecule has 0 unspecified atom stereocenters. The van der Waals surface area contributed by atoms with Gasteiger partial charge in [0.05, 0.1) is 6.42 Å². The van der Waals surface area contributed by atoms with Crippen LogP contribution in [-0.4, -0.2) is 45.9 Å². The van der Waals surface area contributed by atoms with Gasteiger partial charge in [0, 0.05) is 38.3 Å². The van der Waals surface area contributed by atoms with Crippen molar-refractivity contribution in [2.75, 3.05) is 19.0 Å². The van der Waals surface area contributed by atoms with Crippen LogP contribution in [0, 0.1) is 0 Å². The molecule has 1 saturated carbocycles. The van der Waals surface area contributed by atoms with Crippen LogP contribution in [0.5, 0.6) is 0 Å². The summed E-state index contributed by atoms with van der Waals surface area (Å²) >= 11 is 0. The van der Waals surface area contributed by atoms with E-state index >= 15 is 0 Å².